The van der Waals surface area contributed by atoms with Crippen LogP contribution in [0, 0.1) is 0 Å². The van der Waals surface area contributed by atoms with Crippen LogP contribution in [0.4, 0.5) is 34.1 Å². The summed E-state index contributed by atoms with van der Waals surface area (Å²) in [4.78, 5) is 5.20. The highest BCUT2D eigenvalue weighted by molar-refractivity contribution is 7.00. The SMILES string of the molecule is CC(C)(C)c1ccc2c(c1)B1c3cc(C(C)(C)C)ccc3N(c3cc4c5ccccc5n5c6ccccc6c(c3)c45)c3cccc(c31)N2c1cc2c3ccccc3n3c4ccccc4c(c1)c23. The maximum Gasteiger partial charge on any atom is 0.252 e. The van der Waals surface area contributed by atoms with Gasteiger partial charge in [0.05, 0.1) is 33.1 Å². The second-order valence-corrected chi connectivity index (χ2v) is 21.4. The lowest BCUT2D eigenvalue weighted by Gasteiger charge is -2.45. The van der Waals surface area contributed by atoms with Crippen molar-refractivity contribution in [1.82, 2.24) is 8.80 Å². The van der Waals surface area contributed by atoms with Gasteiger partial charge in [0.25, 0.3) is 6.71 Å². The minimum absolute atomic E-state index is 0.0105. The molecule has 0 atom stereocenters. The van der Waals surface area contributed by atoms with Gasteiger partial charge >= 0.3 is 0 Å². The minimum atomic E-state index is -0.0413. The van der Waals surface area contributed by atoms with Crippen LogP contribution in [0.3, 0.4) is 0 Å². The first kappa shape index (κ1) is 37.5. The summed E-state index contributed by atoms with van der Waals surface area (Å²) in [6.07, 6.45) is 0. The van der Waals surface area contributed by atoms with Crippen molar-refractivity contribution in [3.63, 3.8) is 0 Å². The van der Waals surface area contributed by atoms with E-state index < -0.39 is 0 Å². The number of hydrogen-bond acceptors (Lipinski definition) is 2. The predicted molar refractivity (Wildman–Crippen MR) is 287 cm³/mol. The third-order valence-corrected chi connectivity index (χ3v) is 15.6. The number of fused-ring (bicyclic) bond motifs is 16. The van der Waals surface area contributed by atoms with Crippen molar-refractivity contribution in [1.29, 1.82) is 0 Å². The van der Waals surface area contributed by atoms with Crippen LogP contribution in [-0.2, 0) is 10.8 Å². The molecular weight excluding hydrogens is 812 g/mol. The standard InChI is InChI=1S/C62H47BN4/c1-61(2,3)36-26-28-54-48(30-36)63-49-31-37(62(4,5)6)27-29-55(49)65(39-34-46-42-18-9-13-22-52(42)67-53-23-14-10-19-43(53)47(35-39)60(46)67)57-25-15-24-56(58(57)63)64(54)38-32-44-40-16-7-11-20-50(40)66-51-21-12-8-17-41(51)45(33-38)59(44)66/h7-35H,1-6H3. The number of anilines is 6. The first-order valence-electron chi connectivity index (χ1n) is 23.9. The lowest BCUT2D eigenvalue weighted by atomic mass is 9.33. The van der Waals surface area contributed by atoms with E-state index in [-0.39, 0.29) is 17.5 Å². The highest BCUT2D eigenvalue weighted by Gasteiger charge is 2.44. The zero-order valence-electron chi connectivity index (χ0n) is 38.6. The summed E-state index contributed by atoms with van der Waals surface area (Å²) in [5.41, 5.74) is 21.5. The second-order valence-electron chi connectivity index (χ2n) is 21.4. The topological polar surface area (TPSA) is 15.3 Å². The Bertz CT molecular complexity index is 3830. The van der Waals surface area contributed by atoms with Gasteiger partial charge in [0, 0.05) is 77.2 Å². The molecule has 0 radical (unpaired) electrons. The molecule has 9 aromatic carbocycles. The van der Waals surface area contributed by atoms with Crippen LogP contribution in [0.5, 0.6) is 0 Å². The molecule has 0 saturated heterocycles. The molecule has 318 valence electrons. The molecule has 13 aromatic rings. The Balaban J connectivity index is 1.07. The van der Waals surface area contributed by atoms with E-state index in [0.717, 1.165) is 0 Å². The number of hydrogen-bond donors (Lipinski definition) is 0. The van der Waals surface area contributed by atoms with Crippen LogP contribution < -0.4 is 26.2 Å². The molecule has 0 fully saturated rings. The average Bonchev–Trinajstić information content (AvgIpc) is 4.06. The number of rotatable bonds is 2. The maximum absolute atomic E-state index is 2.60. The smallest absolute Gasteiger partial charge is 0.252 e. The van der Waals surface area contributed by atoms with Crippen molar-refractivity contribution >= 4 is 133 Å². The molecule has 5 heteroatoms. The van der Waals surface area contributed by atoms with Gasteiger partial charge in [-0.25, -0.2) is 0 Å². The van der Waals surface area contributed by atoms with Gasteiger partial charge in [-0.1, -0.05) is 145 Å². The number of para-hydroxylation sites is 4. The van der Waals surface area contributed by atoms with Crippen LogP contribution in [0.1, 0.15) is 52.7 Å². The Morgan fingerprint density at radius 2 is 0.672 bits per heavy atom. The highest BCUT2D eigenvalue weighted by Crippen LogP contribution is 2.50. The fourth-order valence-electron chi connectivity index (χ4n) is 12.6. The van der Waals surface area contributed by atoms with Crippen molar-refractivity contribution in [3.8, 4) is 0 Å². The van der Waals surface area contributed by atoms with Gasteiger partial charge in [0.1, 0.15) is 0 Å². The molecule has 0 saturated carbocycles. The quantitative estimate of drug-likeness (QED) is 0.161. The Labute approximate surface area is 389 Å². The van der Waals surface area contributed by atoms with Crippen LogP contribution >= 0.6 is 0 Å². The van der Waals surface area contributed by atoms with E-state index in [4.69, 9.17) is 0 Å². The van der Waals surface area contributed by atoms with E-state index in [0.29, 0.717) is 0 Å². The van der Waals surface area contributed by atoms with Gasteiger partial charge in [0.15, 0.2) is 0 Å². The fourth-order valence-corrected chi connectivity index (χ4v) is 12.6. The molecule has 0 aliphatic carbocycles. The summed E-state index contributed by atoms with van der Waals surface area (Å²) in [6.45, 7) is 14.1. The van der Waals surface area contributed by atoms with Crippen molar-refractivity contribution in [2.75, 3.05) is 9.80 Å². The Morgan fingerprint density at radius 1 is 0.328 bits per heavy atom. The zero-order valence-corrected chi connectivity index (χ0v) is 38.6. The van der Waals surface area contributed by atoms with Crippen molar-refractivity contribution in [2.45, 2.75) is 52.4 Å². The van der Waals surface area contributed by atoms with E-state index in [1.54, 1.807) is 0 Å². The van der Waals surface area contributed by atoms with Crippen molar-refractivity contribution in [2.24, 2.45) is 0 Å². The first-order chi connectivity index (χ1) is 32.5. The largest absolute Gasteiger partial charge is 0.311 e. The lowest BCUT2D eigenvalue weighted by Crippen LogP contribution is -2.61. The molecule has 4 nitrogen and oxygen atoms in total. The van der Waals surface area contributed by atoms with Crippen LogP contribution in [0.25, 0.3) is 76.2 Å². The third-order valence-electron chi connectivity index (χ3n) is 15.6. The monoisotopic (exact) mass is 858 g/mol. The lowest BCUT2D eigenvalue weighted by molar-refractivity contribution is 0.590. The minimum Gasteiger partial charge on any atom is -0.311 e. The number of benzene rings is 9. The molecule has 15 rings (SSSR count). The summed E-state index contributed by atoms with van der Waals surface area (Å²) in [6, 6.07) is 67.4. The summed E-state index contributed by atoms with van der Waals surface area (Å²) >= 11 is 0. The Hall–Kier alpha value is -7.76. The van der Waals surface area contributed by atoms with E-state index in [2.05, 4.69) is 236 Å². The van der Waals surface area contributed by atoms with E-state index in [9.17, 15) is 0 Å². The summed E-state index contributed by atoms with van der Waals surface area (Å²) in [7, 11) is 0. The van der Waals surface area contributed by atoms with E-state index >= 15 is 0 Å². The maximum atomic E-state index is 2.60. The van der Waals surface area contributed by atoms with Crippen molar-refractivity contribution in [3.05, 3.63) is 187 Å². The molecule has 0 unspecified atom stereocenters. The summed E-state index contributed by atoms with van der Waals surface area (Å²) < 4.78 is 4.97. The summed E-state index contributed by atoms with van der Waals surface area (Å²) in [5, 5.41) is 10.3. The Kier molecular flexibility index (Phi) is 7.03. The molecule has 2 aliphatic heterocycles. The molecule has 6 heterocycles. The van der Waals surface area contributed by atoms with Gasteiger partial charge in [-0.15, -0.1) is 0 Å². The predicted octanol–water partition coefficient (Wildman–Crippen LogP) is 14.7. The average molecular weight is 859 g/mol. The molecular formula is C62H47BN4. The third kappa shape index (κ3) is 4.78. The zero-order chi connectivity index (χ0) is 44.8. The number of nitrogens with zero attached hydrogens (tertiary/aromatic N) is 4. The second kappa shape index (κ2) is 12.6. The van der Waals surface area contributed by atoms with Gasteiger partial charge in [-0.05, 0) is 111 Å². The molecule has 0 N–H and O–H groups in total. The van der Waals surface area contributed by atoms with E-state index in [1.165, 1.54) is 138 Å². The van der Waals surface area contributed by atoms with Gasteiger partial charge in [-0.3, -0.25) is 0 Å². The van der Waals surface area contributed by atoms with Gasteiger partial charge in [0.2, 0.25) is 0 Å². The normalized spacial score (nSPS) is 14.0. The molecule has 2 aliphatic rings. The van der Waals surface area contributed by atoms with Gasteiger partial charge in [-0.2, -0.15) is 0 Å². The van der Waals surface area contributed by atoms with Crippen LogP contribution in [0.2, 0.25) is 0 Å². The molecule has 4 aromatic heterocycles. The van der Waals surface area contributed by atoms with Crippen LogP contribution in [0.15, 0.2) is 176 Å². The highest BCUT2D eigenvalue weighted by atomic mass is 15.2. The van der Waals surface area contributed by atoms with Crippen LogP contribution in [-0.4, -0.2) is 15.5 Å². The molecule has 0 spiro atoms. The summed E-state index contributed by atoms with van der Waals surface area (Å²) in [5.74, 6) is 0. The molecule has 0 bridgehead atoms. The Morgan fingerprint density at radius 3 is 1.01 bits per heavy atom. The van der Waals surface area contributed by atoms with E-state index in [1.807, 2.05) is 0 Å². The molecule has 67 heavy (non-hydrogen) atoms. The van der Waals surface area contributed by atoms with Crippen molar-refractivity contribution < 1.29 is 0 Å². The molecule has 0 amide bonds. The fraction of sp³-hybridized carbons (Fsp3) is 0.129. The first-order valence-corrected chi connectivity index (χ1v) is 23.9. The van der Waals surface area contributed by atoms with Gasteiger partial charge < -0.3 is 18.6 Å². The number of aromatic nitrogens is 2.